The van der Waals surface area contributed by atoms with E-state index in [4.69, 9.17) is 23.1 Å². The van der Waals surface area contributed by atoms with Crippen molar-refractivity contribution >= 4 is 28.8 Å². The van der Waals surface area contributed by atoms with E-state index in [0.29, 0.717) is 27.5 Å². The molecule has 3 rings (SSSR count). The smallest absolute Gasteiger partial charge is 0.259 e. The monoisotopic (exact) mass is 381 g/mol. The van der Waals surface area contributed by atoms with E-state index in [0.717, 1.165) is 17.5 Å². The molecule has 25 heavy (non-hydrogen) atoms. The highest BCUT2D eigenvalue weighted by Gasteiger charge is 2.31. The SMILES string of the molecule is Cn1ncnc1-c1c(Cl)sc(C(N)=O)c1[C@@H](CN)CC1CCCCC1. The summed E-state index contributed by atoms with van der Waals surface area (Å²) in [6.45, 7) is 0.453. The first-order valence-corrected chi connectivity index (χ1v) is 9.88. The van der Waals surface area contributed by atoms with Gasteiger partial charge in [0.15, 0.2) is 5.82 Å². The molecular weight excluding hydrogens is 358 g/mol. The van der Waals surface area contributed by atoms with Crippen LogP contribution in [0.1, 0.15) is 59.7 Å². The Kier molecular flexibility index (Phi) is 5.76. The zero-order chi connectivity index (χ0) is 18.0. The number of thiophene rings is 1. The number of nitrogens with zero attached hydrogens (tertiary/aromatic N) is 3. The third-order valence-electron chi connectivity index (χ3n) is 5.10. The van der Waals surface area contributed by atoms with Crippen LogP contribution in [-0.2, 0) is 7.05 Å². The van der Waals surface area contributed by atoms with Crippen molar-refractivity contribution in [1.82, 2.24) is 14.8 Å². The first kappa shape index (κ1) is 18.4. The lowest BCUT2D eigenvalue weighted by Gasteiger charge is -2.26. The molecule has 1 aliphatic rings. The van der Waals surface area contributed by atoms with Crippen molar-refractivity contribution in [2.45, 2.75) is 44.4 Å². The Morgan fingerprint density at radius 2 is 2.16 bits per heavy atom. The molecule has 0 saturated heterocycles. The van der Waals surface area contributed by atoms with E-state index in [-0.39, 0.29) is 5.92 Å². The van der Waals surface area contributed by atoms with E-state index in [2.05, 4.69) is 10.1 Å². The van der Waals surface area contributed by atoms with Gasteiger partial charge in [0.05, 0.1) is 10.4 Å². The largest absolute Gasteiger partial charge is 0.365 e. The highest BCUT2D eigenvalue weighted by atomic mass is 35.5. The highest BCUT2D eigenvalue weighted by Crippen LogP contribution is 2.45. The van der Waals surface area contributed by atoms with Gasteiger partial charge in [-0.3, -0.25) is 4.79 Å². The molecule has 1 aliphatic carbocycles. The molecule has 1 fully saturated rings. The minimum absolute atomic E-state index is 0.0426. The van der Waals surface area contributed by atoms with Crippen molar-refractivity contribution in [3.05, 3.63) is 21.1 Å². The molecule has 0 radical (unpaired) electrons. The lowest BCUT2D eigenvalue weighted by molar-refractivity contribution is 0.100. The van der Waals surface area contributed by atoms with Crippen LogP contribution < -0.4 is 11.5 Å². The molecule has 0 bridgehead atoms. The average molecular weight is 382 g/mol. The molecule has 2 aromatic heterocycles. The van der Waals surface area contributed by atoms with E-state index in [1.165, 1.54) is 49.8 Å². The Labute approximate surface area is 156 Å². The summed E-state index contributed by atoms with van der Waals surface area (Å²) in [7, 11) is 1.81. The first-order valence-electron chi connectivity index (χ1n) is 8.69. The number of primary amides is 1. The molecule has 4 N–H and O–H groups in total. The second-order valence-corrected chi connectivity index (χ2v) is 8.36. The summed E-state index contributed by atoms with van der Waals surface area (Å²) in [5.41, 5.74) is 13.4. The topological polar surface area (TPSA) is 99.8 Å². The van der Waals surface area contributed by atoms with Crippen LogP contribution in [0.2, 0.25) is 4.34 Å². The van der Waals surface area contributed by atoms with E-state index in [9.17, 15) is 4.79 Å². The quantitative estimate of drug-likeness (QED) is 0.801. The Bertz CT molecular complexity index is 750. The summed E-state index contributed by atoms with van der Waals surface area (Å²) in [5.74, 6) is 0.860. The Morgan fingerprint density at radius 1 is 1.44 bits per heavy atom. The maximum Gasteiger partial charge on any atom is 0.259 e. The summed E-state index contributed by atoms with van der Waals surface area (Å²) in [4.78, 5) is 16.9. The van der Waals surface area contributed by atoms with Crippen molar-refractivity contribution in [3.8, 4) is 11.4 Å². The molecule has 0 unspecified atom stereocenters. The predicted octanol–water partition coefficient (Wildman–Crippen LogP) is 3.31. The van der Waals surface area contributed by atoms with E-state index in [1.807, 2.05) is 7.05 Å². The Hall–Kier alpha value is -1.44. The van der Waals surface area contributed by atoms with Gasteiger partial charge in [-0.15, -0.1) is 11.3 Å². The number of rotatable bonds is 6. The molecule has 0 spiro atoms. The fourth-order valence-corrected chi connectivity index (χ4v) is 5.26. The Morgan fingerprint density at radius 3 is 2.72 bits per heavy atom. The number of aromatic nitrogens is 3. The minimum atomic E-state index is -0.461. The molecule has 1 atom stereocenters. The maximum absolute atomic E-state index is 12.0. The van der Waals surface area contributed by atoms with E-state index >= 15 is 0 Å². The van der Waals surface area contributed by atoms with E-state index < -0.39 is 5.91 Å². The zero-order valence-corrected chi connectivity index (χ0v) is 15.9. The maximum atomic E-state index is 12.0. The molecule has 136 valence electrons. The number of hydrogen-bond acceptors (Lipinski definition) is 5. The van der Waals surface area contributed by atoms with Gasteiger partial charge in [0.2, 0.25) is 0 Å². The number of amides is 1. The van der Waals surface area contributed by atoms with Gasteiger partial charge < -0.3 is 11.5 Å². The molecule has 0 aromatic carbocycles. The zero-order valence-electron chi connectivity index (χ0n) is 14.4. The summed E-state index contributed by atoms with van der Waals surface area (Å²) in [6.07, 6.45) is 8.73. The second kappa shape index (κ2) is 7.85. The molecule has 1 saturated carbocycles. The molecule has 6 nitrogen and oxygen atoms in total. The van der Waals surface area contributed by atoms with Crippen LogP contribution in [0.5, 0.6) is 0 Å². The van der Waals surface area contributed by atoms with Crippen LogP contribution in [0, 0.1) is 5.92 Å². The summed E-state index contributed by atoms with van der Waals surface area (Å²) >= 11 is 7.71. The van der Waals surface area contributed by atoms with Crippen LogP contribution in [0.4, 0.5) is 0 Å². The molecule has 2 heterocycles. The third-order valence-corrected chi connectivity index (χ3v) is 6.53. The van der Waals surface area contributed by atoms with Crippen molar-refractivity contribution in [3.63, 3.8) is 0 Å². The molecule has 0 aliphatic heterocycles. The fourth-order valence-electron chi connectivity index (χ4n) is 3.88. The van der Waals surface area contributed by atoms with Crippen LogP contribution in [-0.4, -0.2) is 27.2 Å². The molecule has 8 heteroatoms. The Balaban J connectivity index is 2.05. The summed E-state index contributed by atoms with van der Waals surface area (Å²) in [6, 6.07) is 0. The highest BCUT2D eigenvalue weighted by molar-refractivity contribution is 7.18. The number of carbonyl (C=O) groups excluding carboxylic acids is 1. The van der Waals surface area contributed by atoms with Crippen LogP contribution in [0.3, 0.4) is 0 Å². The molecule has 2 aromatic rings. The number of halogens is 1. The van der Waals surface area contributed by atoms with Gasteiger partial charge in [-0.1, -0.05) is 43.7 Å². The van der Waals surface area contributed by atoms with Crippen molar-refractivity contribution in [1.29, 1.82) is 0 Å². The molecule has 1 amide bonds. The van der Waals surface area contributed by atoms with Crippen LogP contribution in [0.15, 0.2) is 6.33 Å². The summed E-state index contributed by atoms with van der Waals surface area (Å²) < 4.78 is 2.18. The van der Waals surface area contributed by atoms with Gasteiger partial charge in [0.25, 0.3) is 5.91 Å². The van der Waals surface area contributed by atoms with Gasteiger partial charge in [-0.25, -0.2) is 9.67 Å². The van der Waals surface area contributed by atoms with Crippen molar-refractivity contribution < 1.29 is 4.79 Å². The lowest BCUT2D eigenvalue weighted by atomic mass is 9.79. The van der Waals surface area contributed by atoms with Gasteiger partial charge in [0, 0.05) is 7.05 Å². The standard InChI is InChI=1S/C17H24ClN5OS/c1-23-17(21-9-22-23)13-12(14(16(20)24)25-15(13)18)11(8-19)7-10-5-3-2-4-6-10/h9-11H,2-8,19H2,1H3,(H2,20,24)/t11-/m1/s1. The first-order chi connectivity index (χ1) is 12.0. The van der Waals surface area contributed by atoms with Crippen LogP contribution in [0.25, 0.3) is 11.4 Å². The predicted molar refractivity (Wildman–Crippen MR) is 101 cm³/mol. The van der Waals surface area contributed by atoms with Gasteiger partial charge >= 0.3 is 0 Å². The van der Waals surface area contributed by atoms with Crippen molar-refractivity contribution in [2.75, 3.05) is 6.54 Å². The van der Waals surface area contributed by atoms with Crippen LogP contribution >= 0.6 is 22.9 Å². The number of nitrogens with two attached hydrogens (primary N) is 2. The average Bonchev–Trinajstić information content (AvgIpc) is 3.16. The number of hydrogen-bond donors (Lipinski definition) is 2. The lowest BCUT2D eigenvalue weighted by Crippen LogP contribution is -2.22. The van der Waals surface area contributed by atoms with Gasteiger partial charge in [-0.05, 0) is 30.4 Å². The number of aryl methyl sites for hydroxylation is 1. The number of carbonyl (C=O) groups is 1. The van der Waals surface area contributed by atoms with E-state index in [1.54, 1.807) is 4.68 Å². The minimum Gasteiger partial charge on any atom is -0.365 e. The van der Waals surface area contributed by atoms with Gasteiger partial charge in [-0.2, -0.15) is 5.10 Å². The molecular formula is C17H24ClN5OS. The third kappa shape index (κ3) is 3.73. The van der Waals surface area contributed by atoms with Crippen molar-refractivity contribution in [2.24, 2.45) is 24.4 Å². The fraction of sp³-hybridized carbons (Fsp3) is 0.588. The summed E-state index contributed by atoms with van der Waals surface area (Å²) in [5, 5.41) is 4.13. The van der Waals surface area contributed by atoms with Gasteiger partial charge in [0.1, 0.15) is 10.7 Å². The second-order valence-electron chi connectivity index (χ2n) is 6.74. The normalized spacial score (nSPS) is 16.9.